The van der Waals surface area contributed by atoms with Gasteiger partial charge in [0.15, 0.2) is 10.9 Å². The van der Waals surface area contributed by atoms with Crippen molar-refractivity contribution in [3.63, 3.8) is 0 Å². The second kappa shape index (κ2) is 11.6. The van der Waals surface area contributed by atoms with Gasteiger partial charge in [0.1, 0.15) is 11.6 Å². The number of carbonyl (C=O) groups is 2. The van der Waals surface area contributed by atoms with Gasteiger partial charge in [-0.1, -0.05) is 11.8 Å². The van der Waals surface area contributed by atoms with Crippen LogP contribution in [0.4, 0.5) is 5.82 Å². The molecule has 0 saturated heterocycles. The van der Waals surface area contributed by atoms with Gasteiger partial charge in [-0.15, -0.1) is 0 Å². The standard InChI is InChI=1S/C19H22N2O4S2/c1-14(22)26-13-18(23)15-4-9-19(20-12-15)21-27-17-7-5-16(6-8-17)25-11-3-10-24-2/h4-9,12H,3,10-11,13H2,1-2H3,(H,20,21). The molecule has 0 aliphatic carbocycles. The molecule has 1 N–H and O–H groups in total. The Hall–Kier alpha value is -2.03. The number of pyridine rings is 1. The van der Waals surface area contributed by atoms with Crippen molar-refractivity contribution in [2.75, 3.05) is 30.8 Å². The molecule has 0 radical (unpaired) electrons. The summed E-state index contributed by atoms with van der Waals surface area (Å²) >= 11 is 2.42. The van der Waals surface area contributed by atoms with Crippen LogP contribution in [0.3, 0.4) is 0 Å². The lowest BCUT2D eigenvalue weighted by molar-refractivity contribution is -0.109. The molecule has 0 amide bonds. The molecule has 2 aromatic rings. The third-order valence-corrected chi connectivity index (χ3v) is 4.98. The minimum Gasteiger partial charge on any atom is -0.494 e. The Labute approximate surface area is 167 Å². The first-order valence-corrected chi connectivity index (χ1v) is 10.2. The number of anilines is 1. The van der Waals surface area contributed by atoms with E-state index in [0.717, 1.165) is 28.8 Å². The first-order chi connectivity index (χ1) is 13.1. The van der Waals surface area contributed by atoms with Gasteiger partial charge in [-0.3, -0.25) is 9.59 Å². The summed E-state index contributed by atoms with van der Waals surface area (Å²) in [5, 5.41) is -0.0719. The van der Waals surface area contributed by atoms with Crippen LogP contribution in [0, 0.1) is 0 Å². The van der Waals surface area contributed by atoms with E-state index >= 15 is 0 Å². The molecular weight excluding hydrogens is 384 g/mol. The van der Waals surface area contributed by atoms with Crippen molar-refractivity contribution in [1.82, 2.24) is 4.98 Å². The van der Waals surface area contributed by atoms with Crippen molar-refractivity contribution >= 4 is 40.4 Å². The Bertz CT molecular complexity index is 736. The van der Waals surface area contributed by atoms with Crippen LogP contribution >= 0.6 is 23.7 Å². The monoisotopic (exact) mass is 406 g/mol. The quantitative estimate of drug-likeness (QED) is 0.340. The van der Waals surface area contributed by atoms with Crippen molar-refractivity contribution in [3.05, 3.63) is 48.2 Å². The highest BCUT2D eigenvalue weighted by atomic mass is 32.2. The molecule has 0 spiro atoms. The summed E-state index contributed by atoms with van der Waals surface area (Å²) in [6, 6.07) is 11.2. The van der Waals surface area contributed by atoms with Gasteiger partial charge in [0.05, 0.1) is 12.4 Å². The SMILES string of the molecule is COCCCOc1ccc(SNc2ccc(C(=O)CSC(C)=O)cn2)cc1. The minimum atomic E-state index is -0.108. The van der Waals surface area contributed by atoms with Crippen molar-refractivity contribution in [1.29, 1.82) is 0 Å². The Morgan fingerprint density at radius 3 is 2.52 bits per heavy atom. The molecule has 6 nitrogen and oxygen atoms in total. The van der Waals surface area contributed by atoms with Crippen LogP contribution in [0.25, 0.3) is 0 Å². The molecule has 0 bridgehead atoms. The van der Waals surface area contributed by atoms with Crippen LogP contribution in [-0.2, 0) is 9.53 Å². The Kier molecular flexibility index (Phi) is 9.17. The van der Waals surface area contributed by atoms with Crippen LogP contribution in [-0.4, -0.2) is 42.0 Å². The lowest BCUT2D eigenvalue weighted by Gasteiger charge is -2.08. The number of Topliss-reactive ketones (excluding diaryl/α,β-unsaturated/α-hetero) is 1. The average Bonchev–Trinajstić information content (AvgIpc) is 2.69. The molecule has 0 fully saturated rings. The van der Waals surface area contributed by atoms with Gasteiger partial charge in [0.25, 0.3) is 0 Å². The lowest BCUT2D eigenvalue weighted by atomic mass is 10.2. The van der Waals surface area contributed by atoms with Gasteiger partial charge in [-0.05, 0) is 48.3 Å². The highest BCUT2D eigenvalue weighted by Crippen LogP contribution is 2.23. The molecule has 1 aromatic carbocycles. The highest BCUT2D eigenvalue weighted by molar-refractivity contribution is 8.14. The molecule has 0 unspecified atom stereocenters. The minimum absolute atomic E-state index is 0.0719. The zero-order valence-corrected chi connectivity index (χ0v) is 16.9. The van der Waals surface area contributed by atoms with Crippen molar-refractivity contribution < 1.29 is 19.1 Å². The maximum atomic E-state index is 11.9. The van der Waals surface area contributed by atoms with E-state index in [2.05, 4.69) is 9.71 Å². The molecule has 1 heterocycles. The van der Waals surface area contributed by atoms with E-state index in [1.807, 2.05) is 24.3 Å². The van der Waals surface area contributed by atoms with E-state index in [1.54, 1.807) is 19.2 Å². The summed E-state index contributed by atoms with van der Waals surface area (Å²) in [6.07, 6.45) is 2.37. The summed E-state index contributed by atoms with van der Waals surface area (Å²) in [4.78, 5) is 28.1. The number of hydrogen-bond donors (Lipinski definition) is 1. The normalized spacial score (nSPS) is 10.4. The molecule has 0 aliphatic rings. The zero-order chi connectivity index (χ0) is 19.5. The number of methoxy groups -OCH3 is 1. The second-order valence-corrected chi connectivity index (χ2v) is 7.54. The number of thioether (sulfide) groups is 1. The molecule has 0 atom stereocenters. The smallest absolute Gasteiger partial charge is 0.186 e. The number of benzene rings is 1. The van der Waals surface area contributed by atoms with Gasteiger partial charge in [0.2, 0.25) is 0 Å². The number of aromatic nitrogens is 1. The largest absolute Gasteiger partial charge is 0.494 e. The summed E-state index contributed by atoms with van der Waals surface area (Å²) in [7, 11) is 1.67. The first kappa shape index (κ1) is 21.3. The van der Waals surface area contributed by atoms with E-state index < -0.39 is 0 Å². The van der Waals surface area contributed by atoms with Crippen LogP contribution < -0.4 is 9.46 Å². The number of carbonyl (C=O) groups excluding carboxylic acids is 2. The third-order valence-electron chi connectivity index (χ3n) is 3.35. The summed E-state index contributed by atoms with van der Waals surface area (Å²) in [5.74, 6) is 1.50. The molecule has 0 saturated carbocycles. The lowest BCUT2D eigenvalue weighted by Crippen LogP contribution is -2.05. The Balaban J connectivity index is 1.79. The van der Waals surface area contributed by atoms with Crippen LogP contribution in [0.1, 0.15) is 23.7 Å². The Morgan fingerprint density at radius 1 is 1.11 bits per heavy atom. The van der Waals surface area contributed by atoms with Crippen molar-refractivity contribution in [3.8, 4) is 5.75 Å². The van der Waals surface area contributed by atoms with Crippen molar-refractivity contribution in [2.45, 2.75) is 18.2 Å². The summed E-state index contributed by atoms with van der Waals surface area (Å²) in [6.45, 7) is 2.75. The number of ketones is 1. The molecule has 8 heteroatoms. The van der Waals surface area contributed by atoms with E-state index in [0.29, 0.717) is 24.6 Å². The number of nitrogens with zero attached hydrogens (tertiary/aromatic N) is 1. The summed E-state index contributed by atoms with van der Waals surface area (Å²) in [5.41, 5.74) is 0.495. The predicted octanol–water partition coefficient (Wildman–Crippen LogP) is 4.08. The van der Waals surface area contributed by atoms with Gasteiger partial charge in [-0.25, -0.2) is 4.98 Å². The fourth-order valence-electron chi connectivity index (χ4n) is 1.98. The highest BCUT2D eigenvalue weighted by Gasteiger charge is 2.08. The molecule has 144 valence electrons. The fourth-order valence-corrected chi connectivity index (χ4v) is 3.09. The average molecular weight is 407 g/mol. The maximum Gasteiger partial charge on any atom is 0.186 e. The van der Waals surface area contributed by atoms with Crippen LogP contribution in [0.2, 0.25) is 0 Å². The van der Waals surface area contributed by atoms with E-state index in [-0.39, 0.29) is 16.7 Å². The van der Waals surface area contributed by atoms with Crippen LogP contribution in [0.5, 0.6) is 5.75 Å². The molecule has 1 aromatic heterocycles. The second-order valence-electron chi connectivity index (χ2n) is 5.51. The fraction of sp³-hybridized carbons (Fsp3) is 0.316. The molecule has 2 rings (SSSR count). The van der Waals surface area contributed by atoms with Gasteiger partial charge in [-0.2, -0.15) is 0 Å². The number of nitrogens with one attached hydrogen (secondary N) is 1. The molecule has 0 aliphatic heterocycles. The number of rotatable bonds is 11. The number of hydrogen-bond acceptors (Lipinski definition) is 8. The van der Waals surface area contributed by atoms with E-state index in [4.69, 9.17) is 9.47 Å². The maximum absolute atomic E-state index is 11.9. The third kappa shape index (κ3) is 8.03. The van der Waals surface area contributed by atoms with Crippen molar-refractivity contribution in [2.24, 2.45) is 0 Å². The van der Waals surface area contributed by atoms with Crippen LogP contribution in [0.15, 0.2) is 47.5 Å². The molecule has 27 heavy (non-hydrogen) atoms. The topological polar surface area (TPSA) is 77.5 Å². The van der Waals surface area contributed by atoms with Gasteiger partial charge < -0.3 is 14.2 Å². The van der Waals surface area contributed by atoms with E-state index in [9.17, 15) is 9.59 Å². The van der Waals surface area contributed by atoms with E-state index in [1.165, 1.54) is 25.1 Å². The number of ether oxygens (including phenoxy) is 2. The van der Waals surface area contributed by atoms with Gasteiger partial charge >= 0.3 is 0 Å². The first-order valence-electron chi connectivity index (χ1n) is 8.36. The Morgan fingerprint density at radius 2 is 1.89 bits per heavy atom. The summed E-state index contributed by atoms with van der Waals surface area (Å²) < 4.78 is 13.7. The zero-order valence-electron chi connectivity index (χ0n) is 15.3. The van der Waals surface area contributed by atoms with Gasteiger partial charge in [0, 0.05) is 43.7 Å². The predicted molar refractivity (Wildman–Crippen MR) is 110 cm³/mol. The molecular formula is C19H22N2O4S2.